The number of esters is 3. The van der Waals surface area contributed by atoms with Crippen LogP contribution in [0.5, 0.6) is 0 Å². The third-order valence-electron chi connectivity index (χ3n) is 9.65. The van der Waals surface area contributed by atoms with Crippen molar-refractivity contribution in [1.82, 2.24) is 0 Å². The fourth-order valence-electron chi connectivity index (χ4n) is 7.34. The Balaban J connectivity index is 1.55. The van der Waals surface area contributed by atoms with Crippen molar-refractivity contribution in [2.75, 3.05) is 19.8 Å². The number of fused-ring (bicyclic) bond motifs is 2. The van der Waals surface area contributed by atoms with Crippen molar-refractivity contribution >= 4 is 17.9 Å². The molecule has 3 fully saturated rings. The summed E-state index contributed by atoms with van der Waals surface area (Å²) in [7, 11) is 0. The van der Waals surface area contributed by atoms with E-state index in [2.05, 4.69) is 6.92 Å². The Morgan fingerprint density at radius 2 is 1.92 bits per heavy atom. The van der Waals surface area contributed by atoms with E-state index in [1.807, 2.05) is 13.0 Å². The molecule has 0 unspecified atom stereocenters. The molecule has 2 aliphatic carbocycles. The average Bonchev–Trinajstić information content (AvgIpc) is 3.51. The minimum atomic E-state index is -1.20. The lowest BCUT2D eigenvalue weighted by atomic mass is 9.41. The van der Waals surface area contributed by atoms with E-state index in [9.17, 15) is 19.5 Å². The Labute approximate surface area is 217 Å². The normalized spacial score (nSPS) is 38.4. The van der Waals surface area contributed by atoms with E-state index in [1.54, 1.807) is 24.3 Å². The lowest BCUT2D eigenvalue weighted by molar-refractivity contribution is -0.262. The van der Waals surface area contributed by atoms with Crippen molar-refractivity contribution in [2.24, 2.45) is 16.7 Å². The van der Waals surface area contributed by atoms with Crippen molar-refractivity contribution in [3.8, 4) is 0 Å². The van der Waals surface area contributed by atoms with Gasteiger partial charge >= 0.3 is 17.9 Å². The van der Waals surface area contributed by atoms with Gasteiger partial charge in [-0.3, -0.25) is 4.79 Å². The number of epoxide rings is 1. The summed E-state index contributed by atoms with van der Waals surface area (Å²) in [5.74, 6) is -1.38. The smallest absolute Gasteiger partial charge is 0.338 e. The molecule has 8 heteroatoms. The fourth-order valence-corrected chi connectivity index (χ4v) is 7.34. The van der Waals surface area contributed by atoms with Gasteiger partial charge in [0.05, 0.1) is 23.2 Å². The quantitative estimate of drug-likeness (QED) is 0.334. The second-order valence-electron chi connectivity index (χ2n) is 11.6. The van der Waals surface area contributed by atoms with Crippen molar-refractivity contribution < 1.29 is 38.4 Å². The number of aliphatic hydroxyl groups is 1. The van der Waals surface area contributed by atoms with Gasteiger partial charge in [-0.1, -0.05) is 31.5 Å². The van der Waals surface area contributed by atoms with Crippen LogP contribution in [0.15, 0.2) is 42.0 Å². The van der Waals surface area contributed by atoms with E-state index >= 15 is 0 Å². The molecule has 6 atom stereocenters. The number of carbonyl (C=O) groups excluding carboxylic acids is 3. The topological polar surface area (TPSA) is 112 Å². The number of hydrogen-bond donors (Lipinski definition) is 1. The minimum absolute atomic E-state index is 0.0513. The molecule has 37 heavy (non-hydrogen) atoms. The molecule has 8 nitrogen and oxygen atoms in total. The highest BCUT2D eigenvalue weighted by atomic mass is 16.6. The predicted octanol–water partition coefficient (Wildman–Crippen LogP) is 3.76. The van der Waals surface area contributed by atoms with Crippen LogP contribution in [-0.2, 0) is 28.5 Å². The third kappa shape index (κ3) is 4.28. The van der Waals surface area contributed by atoms with Crippen molar-refractivity contribution in [2.45, 2.75) is 76.6 Å². The molecule has 2 saturated carbocycles. The second-order valence-corrected chi connectivity index (χ2v) is 11.6. The second kappa shape index (κ2) is 9.24. The van der Waals surface area contributed by atoms with Crippen LogP contribution < -0.4 is 0 Å². The van der Waals surface area contributed by atoms with Gasteiger partial charge in [0.1, 0.15) is 24.9 Å². The maximum Gasteiger partial charge on any atom is 0.338 e. The zero-order chi connectivity index (χ0) is 26.5. The summed E-state index contributed by atoms with van der Waals surface area (Å²) < 4.78 is 23.2. The molecule has 0 amide bonds. The van der Waals surface area contributed by atoms with Crippen LogP contribution in [0.4, 0.5) is 0 Å². The summed E-state index contributed by atoms with van der Waals surface area (Å²) in [5.41, 5.74) is -1.90. The van der Waals surface area contributed by atoms with Crippen molar-refractivity contribution in [3.05, 3.63) is 47.5 Å². The van der Waals surface area contributed by atoms with Crippen molar-refractivity contribution in [3.63, 3.8) is 0 Å². The Hall–Kier alpha value is -2.71. The molecule has 0 radical (unpaired) electrons. The standard InChI is InChI=1S/C29H36O8/c1-19(30)35-18-29-22(10-7-12-28(29)17-36-28)26(2,13-11-20-14-24(31)34-16-20)27(3,33)15-23(29)37-25(32)21-8-5-4-6-9-21/h4-6,8-9,14,22-23,33H,7,10-13,15-18H2,1-3H3/t22-,23+,26-,27+,28+,29+/m1/s1. The zero-order valence-electron chi connectivity index (χ0n) is 21.8. The first-order valence-electron chi connectivity index (χ1n) is 13.1. The molecular formula is C29H36O8. The highest BCUT2D eigenvalue weighted by molar-refractivity contribution is 5.89. The molecule has 2 heterocycles. The Bertz CT molecular complexity index is 1100. The summed E-state index contributed by atoms with van der Waals surface area (Å²) >= 11 is 0. The van der Waals surface area contributed by atoms with Crippen LogP contribution in [0, 0.1) is 16.7 Å². The molecule has 200 valence electrons. The maximum absolute atomic E-state index is 13.3. The highest BCUT2D eigenvalue weighted by Gasteiger charge is 2.77. The van der Waals surface area contributed by atoms with Gasteiger partial charge in [0, 0.05) is 24.8 Å². The fraction of sp³-hybridized carbons (Fsp3) is 0.621. The van der Waals surface area contributed by atoms with Gasteiger partial charge in [-0.05, 0) is 56.2 Å². The summed E-state index contributed by atoms with van der Waals surface area (Å²) in [6.45, 7) is 6.08. The monoisotopic (exact) mass is 512 g/mol. The van der Waals surface area contributed by atoms with E-state index in [1.165, 1.54) is 13.0 Å². The first kappa shape index (κ1) is 25.9. The summed E-state index contributed by atoms with van der Waals surface area (Å²) in [4.78, 5) is 37.0. The van der Waals surface area contributed by atoms with Crippen LogP contribution in [0.2, 0.25) is 0 Å². The van der Waals surface area contributed by atoms with E-state index in [0.717, 1.165) is 24.8 Å². The molecule has 2 aliphatic heterocycles. The summed E-state index contributed by atoms with van der Waals surface area (Å²) in [6, 6.07) is 8.79. The predicted molar refractivity (Wildman–Crippen MR) is 132 cm³/mol. The molecular weight excluding hydrogens is 476 g/mol. The van der Waals surface area contributed by atoms with Crippen LogP contribution in [0.25, 0.3) is 0 Å². The number of rotatable bonds is 7. The lowest BCUT2D eigenvalue weighted by Gasteiger charge is -2.65. The SMILES string of the molecule is CC(=O)OC[C@@]12[C@@H](OC(=O)c3ccccc3)C[C@](C)(O)[C@](C)(CCC3=CC(=O)OC3)[C@H]1CCC[C@]21CO1. The number of hydrogen-bond acceptors (Lipinski definition) is 8. The van der Waals surface area contributed by atoms with Crippen molar-refractivity contribution in [1.29, 1.82) is 0 Å². The first-order valence-corrected chi connectivity index (χ1v) is 13.1. The van der Waals surface area contributed by atoms with Gasteiger partial charge in [0.25, 0.3) is 0 Å². The van der Waals surface area contributed by atoms with Gasteiger partial charge in [0.15, 0.2) is 0 Å². The minimum Gasteiger partial charge on any atom is -0.465 e. The molecule has 1 N–H and O–H groups in total. The molecule has 1 aromatic carbocycles. The molecule has 0 aromatic heterocycles. The summed E-state index contributed by atoms with van der Waals surface area (Å²) in [6.07, 6.45) is 4.63. The largest absolute Gasteiger partial charge is 0.465 e. The van der Waals surface area contributed by atoms with Gasteiger partial charge in [-0.2, -0.15) is 0 Å². The van der Waals surface area contributed by atoms with Crippen LogP contribution in [0.3, 0.4) is 0 Å². The first-order chi connectivity index (χ1) is 17.5. The number of carbonyl (C=O) groups is 3. The lowest BCUT2D eigenvalue weighted by Crippen LogP contribution is -2.71. The number of benzene rings is 1. The number of ether oxygens (including phenoxy) is 4. The Kier molecular flexibility index (Phi) is 6.47. The third-order valence-corrected chi connectivity index (χ3v) is 9.65. The Morgan fingerprint density at radius 1 is 1.19 bits per heavy atom. The highest BCUT2D eigenvalue weighted by Crippen LogP contribution is 2.70. The molecule has 1 saturated heterocycles. The number of cyclic esters (lactones) is 1. The van der Waals surface area contributed by atoms with Crippen LogP contribution in [0.1, 0.15) is 69.7 Å². The zero-order valence-corrected chi connectivity index (χ0v) is 21.8. The van der Waals surface area contributed by atoms with Gasteiger partial charge in [-0.25, -0.2) is 9.59 Å². The van der Waals surface area contributed by atoms with E-state index in [4.69, 9.17) is 18.9 Å². The maximum atomic E-state index is 13.3. The molecule has 0 bridgehead atoms. The van der Waals surface area contributed by atoms with E-state index < -0.39 is 40.1 Å². The van der Waals surface area contributed by atoms with Gasteiger partial charge < -0.3 is 24.1 Å². The molecule has 4 aliphatic rings. The Morgan fingerprint density at radius 3 is 2.54 bits per heavy atom. The average molecular weight is 513 g/mol. The van der Waals surface area contributed by atoms with Crippen LogP contribution in [-0.4, -0.2) is 60.1 Å². The van der Waals surface area contributed by atoms with Gasteiger partial charge in [0.2, 0.25) is 0 Å². The van der Waals surface area contributed by atoms with E-state index in [-0.39, 0.29) is 31.5 Å². The van der Waals surface area contributed by atoms with Gasteiger partial charge in [-0.15, -0.1) is 0 Å². The van der Waals surface area contributed by atoms with Crippen LogP contribution >= 0.6 is 0 Å². The molecule has 5 rings (SSSR count). The summed E-state index contributed by atoms with van der Waals surface area (Å²) in [5, 5.41) is 12.0. The van der Waals surface area contributed by atoms with E-state index in [0.29, 0.717) is 25.0 Å². The molecule has 1 aromatic rings. The molecule has 1 spiro atoms.